The fourth-order valence-electron chi connectivity index (χ4n) is 0.382. The molecule has 12 heteroatoms. The maximum absolute atomic E-state index is 10.9. The molecule has 0 fully saturated rings. The summed E-state index contributed by atoms with van der Waals surface area (Å²) in [6.07, 6.45) is 0.134. The molecule has 0 aromatic heterocycles. The number of hydrogen-bond acceptors (Lipinski definition) is 6. The van der Waals surface area contributed by atoms with Gasteiger partial charge in [-0.3, -0.25) is 9.11 Å². The summed E-state index contributed by atoms with van der Waals surface area (Å²) in [5, 5.41) is 16.5. The highest BCUT2D eigenvalue weighted by Gasteiger charge is 2.00. The van der Waals surface area contributed by atoms with E-state index in [1.54, 1.807) is 6.92 Å². The van der Waals surface area contributed by atoms with Crippen molar-refractivity contribution >= 4 is 20.2 Å². The number of aliphatic hydroxyl groups is 2. The molecule has 0 aromatic rings. The van der Waals surface area contributed by atoms with Crippen LogP contribution in [-0.4, -0.2) is 73.7 Å². The van der Waals surface area contributed by atoms with Crippen LogP contribution in [0.2, 0.25) is 0 Å². The van der Waals surface area contributed by atoms with E-state index in [1.165, 1.54) is 0 Å². The van der Waals surface area contributed by atoms with Gasteiger partial charge in [0, 0.05) is 6.61 Å². The predicted molar refractivity (Wildman–Crippen MR) is 68.2 cm³/mol. The molecule has 4 N–H and O–H groups in total. The number of rotatable bonds is 6. The Labute approximate surface area is 116 Å². The molecule has 0 aliphatic rings. The van der Waals surface area contributed by atoms with Crippen LogP contribution < -0.4 is 0 Å². The first-order chi connectivity index (χ1) is 8.89. The van der Waals surface area contributed by atoms with Crippen molar-refractivity contribution in [3.05, 3.63) is 0 Å². The van der Waals surface area contributed by atoms with Crippen molar-refractivity contribution in [1.29, 1.82) is 0 Å². The van der Waals surface area contributed by atoms with Crippen LogP contribution in [0.1, 0.15) is 13.3 Å². The third-order valence-corrected chi connectivity index (χ3v) is 2.56. The quantitative estimate of drug-likeness (QED) is 0.467. The monoisotopic (exact) mass is 346 g/mol. The SMILES string of the molecule is CC(O)CCO.O=S(=O)(O)CCF.O=S(=O)(O)CCF. The molecule has 0 saturated carbocycles. The third kappa shape index (κ3) is 43.2. The van der Waals surface area contributed by atoms with E-state index in [-0.39, 0.29) is 12.7 Å². The Balaban J connectivity index is -0.000000218. The van der Waals surface area contributed by atoms with E-state index in [0.717, 1.165) is 0 Å². The highest BCUT2D eigenvalue weighted by molar-refractivity contribution is 7.86. The standard InChI is InChI=1S/C4H10O2.2C2H5FO3S/c1-4(6)2-3-5;2*3-1-2-7(4,5)6/h4-6H,2-3H2,1H3;2*1-2H2,(H,4,5,6). The largest absolute Gasteiger partial charge is 0.396 e. The van der Waals surface area contributed by atoms with Crippen molar-refractivity contribution in [3.8, 4) is 0 Å². The molecule has 0 amide bonds. The van der Waals surface area contributed by atoms with Gasteiger partial charge in [0.15, 0.2) is 0 Å². The minimum Gasteiger partial charge on any atom is -0.396 e. The maximum atomic E-state index is 10.9. The van der Waals surface area contributed by atoms with E-state index >= 15 is 0 Å². The molecule has 8 nitrogen and oxygen atoms in total. The summed E-state index contributed by atoms with van der Waals surface area (Å²) in [4.78, 5) is 0. The molecule has 126 valence electrons. The Morgan fingerprint density at radius 1 is 0.950 bits per heavy atom. The van der Waals surface area contributed by atoms with Crippen LogP contribution in [0.15, 0.2) is 0 Å². The van der Waals surface area contributed by atoms with Crippen LogP contribution in [0, 0.1) is 0 Å². The van der Waals surface area contributed by atoms with Crippen LogP contribution in [0.4, 0.5) is 8.78 Å². The van der Waals surface area contributed by atoms with Gasteiger partial charge in [0.1, 0.15) is 24.9 Å². The van der Waals surface area contributed by atoms with Crippen molar-refractivity contribution < 1.29 is 44.9 Å². The lowest BCUT2D eigenvalue weighted by Crippen LogP contribution is -2.04. The van der Waals surface area contributed by atoms with Gasteiger partial charge >= 0.3 is 0 Å². The molecule has 0 radical (unpaired) electrons. The Bertz CT molecular complexity index is 359. The maximum Gasteiger partial charge on any atom is 0.267 e. The number of aliphatic hydroxyl groups excluding tert-OH is 2. The molecule has 0 heterocycles. The number of halogens is 2. The van der Waals surface area contributed by atoms with Gasteiger partial charge in [-0.2, -0.15) is 16.8 Å². The van der Waals surface area contributed by atoms with Gasteiger partial charge in [-0.1, -0.05) is 0 Å². The molecule has 1 unspecified atom stereocenters. The minimum atomic E-state index is -4.05. The average molecular weight is 346 g/mol. The van der Waals surface area contributed by atoms with E-state index in [1.807, 2.05) is 0 Å². The van der Waals surface area contributed by atoms with Gasteiger partial charge in [-0.25, -0.2) is 8.78 Å². The molecule has 0 bridgehead atoms. The van der Waals surface area contributed by atoms with Gasteiger partial charge in [0.25, 0.3) is 20.2 Å². The average Bonchev–Trinajstić information content (AvgIpc) is 2.14. The lowest BCUT2D eigenvalue weighted by atomic mass is 10.3. The first-order valence-electron chi connectivity index (χ1n) is 5.20. The van der Waals surface area contributed by atoms with E-state index in [0.29, 0.717) is 6.42 Å². The molecule has 0 aromatic carbocycles. The van der Waals surface area contributed by atoms with Crippen LogP contribution in [0.25, 0.3) is 0 Å². The van der Waals surface area contributed by atoms with Gasteiger partial charge in [0.2, 0.25) is 0 Å². The zero-order valence-corrected chi connectivity index (χ0v) is 12.4. The minimum absolute atomic E-state index is 0.0810. The zero-order valence-electron chi connectivity index (χ0n) is 10.8. The summed E-state index contributed by atoms with van der Waals surface area (Å²) in [6, 6.07) is 0. The summed E-state index contributed by atoms with van der Waals surface area (Å²) < 4.78 is 75.6. The van der Waals surface area contributed by atoms with E-state index < -0.39 is 45.1 Å². The molecular formula is C8H20F2O8S2. The van der Waals surface area contributed by atoms with Gasteiger partial charge in [-0.05, 0) is 13.3 Å². The number of alkyl halides is 2. The van der Waals surface area contributed by atoms with Crippen molar-refractivity contribution in [3.63, 3.8) is 0 Å². The third-order valence-electron chi connectivity index (χ3n) is 1.22. The Hall–Kier alpha value is -0.400. The van der Waals surface area contributed by atoms with Crippen molar-refractivity contribution in [2.75, 3.05) is 31.5 Å². The Morgan fingerprint density at radius 2 is 1.25 bits per heavy atom. The lowest BCUT2D eigenvalue weighted by molar-refractivity contribution is 0.148. The Kier molecular flexibility index (Phi) is 16.7. The molecule has 0 saturated heterocycles. The summed E-state index contributed by atoms with van der Waals surface area (Å²) in [5.41, 5.74) is 0. The highest BCUT2D eigenvalue weighted by Crippen LogP contribution is 1.83. The molecule has 1 atom stereocenters. The van der Waals surface area contributed by atoms with Crippen molar-refractivity contribution in [1.82, 2.24) is 0 Å². The van der Waals surface area contributed by atoms with Gasteiger partial charge < -0.3 is 10.2 Å². The molecular weight excluding hydrogens is 326 g/mol. The molecule has 0 aliphatic carbocycles. The molecule has 0 aliphatic heterocycles. The fraction of sp³-hybridized carbons (Fsp3) is 1.00. The first kappa shape index (κ1) is 24.6. The van der Waals surface area contributed by atoms with Gasteiger partial charge in [0.05, 0.1) is 6.10 Å². The second-order valence-electron chi connectivity index (χ2n) is 3.31. The van der Waals surface area contributed by atoms with Crippen LogP contribution >= 0.6 is 0 Å². The Morgan fingerprint density at radius 3 is 1.25 bits per heavy atom. The van der Waals surface area contributed by atoms with Crippen LogP contribution in [-0.2, 0) is 20.2 Å². The van der Waals surface area contributed by atoms with E-state index in [4.69, 9.17) is 19.3 Å². The number of hydrogen-bond donors (Lipinski definition) is 4. The zero-order chi connectivity index (χ0) is 16.8. The molecule has 20 heavy (non-hydrogen) atoms. The topological polar surface area (TPSA) is 149 Å². The van der Waals surface area contributed by atoms with Crippen molar-refractivity contribution in [2.45, 2.75) is 19.4 Å². The van der Waals surface area contributed by atoms with Gasteiger partial charge in [-0.15, -0.1) is 0 Å². The summed E-state index contributed by atoms with van der Waals surface area (Å²) in [7, 11) is -8.10. The van der Waals surface area contributed by atoms with Crippen LogP contribution in [0.5, 0.6) is 0 Å². The molecule has 0 rings (SSSR count). The predicted octanol–water partition coefficient (Wildman–Crippen LogP) is -0.563. The normalized spacial score (nSPS) is 12.6. The highest BCUT2D eigenvalue weighted by atomic mass is 32.2. The first-order valence-corrected chi connectivity index (χ1v) is 8.42. The summed E-state index contributed by atoms with van der Waals surface area (Å²) >= 11 is 0. The fourth-order valence-corrected chi connectivity index (χ4v) is 0.772. The summed E-state index contributed by atoms with van der Waals surface area (Å²) in [5.74, 6) is -1.60. The second kappa shape index (κ2) is 13.6. The van der Waals surface area contributed by atoms with E-state index in [9.17, 15) is 25.6 Å². The molecule has 0 spiro atoms. The lowest BCUT2D eigenvalue weighted by Gasteiger charge is -1.95. The summed E-state index contributed by atoms with van der Waals surface area (Å²) in [6.45, 7) is -0.328. The van der Waals surface area contributed by atoms with Crippen molar-refractivity contribution in [2.24, 2.45) is 0 Å². The van der Waals surface area contributed by atoms with E-state index in [2.05, 4.69) is 0 Å². The second-order valence-corrected chi connectivity index (χ2v) is 6.46. The smallest absolute Gasteiger partial charge is 0.267 e. The van der Waals surface area contributed by atoms with Crippen LogP contribution in [0.3, 0.4) is 0 Å².